The molecule has 0 bridgehead atoms. The van der Waals surface area contributed by atoms with Crippen molar-refractivity contribution in [3.8, 4) is 0 Å². The fourth-order valence-electron chi connectivity index (χ4n) is 1.03. The number of hydrogen-bond acceptors (Lipinski definition) is 7. The first kappa shape index (κ1) is 22.0. The summed E-state index contributed by atoms with van der Waals surface area (Å²) in [7, 11) is 0. The minimum absolute atomic E-state index is 0.633. The molecule has 0 aliphatic heterocycles. The lowest BCUT2D eigenvalue weighted by Gasteiger charge is -2.25. The van der Waals surface area contributed by atoms with Crippen LogP contribution in [0.25, 0.3) is 0 Å². The first-order valence-corrected chi connectivity index (χ1v) is 5.76. The van der Waals surface area contributed by atoms with E-state index in [4.69, 9.17) is 30.6 Å². The number of rotatable bonds is 7. The summed E-state index contributed by atoms with van der Waals surface area (Å²) in [5.74, 6) is -7.00. The number of carbonyl (C=O) groups is 4. The molecule has 0 radical (unpaired) electrons. The van der Waals surface area contributed by atoms with Gasteiger partial charge in [0.1, 0.15) is 0 Å². The van der Waals surface area contributed by atoms with Crippen molar-refractivity contribution in [2.45, 2.75) is 38.1 Å². The highest BCUT2D eigenvalue weighted by molar-refractivity contribution is 5.84. The Bertz CT molecular complexity index is 412. The highest BCUT2D eigenvalue weighted by atomic mass is 16.4. The number of carboxylic acid groups (broad SMARTS) is 4. The van der Waals surface area contributed by atoms with Gasteiger partial charge in [-0.1, -0.05) is 13.8 Å². The minimum atomic E-state index is -2.27. The fourth-order valence-corrected chi connectivity index (χ4v) is 1.03. The second-order valence-electron chi connectivity index (χ2n) is 4.52. The van der Waals surface area contributed by atoms with Crippen LogP contribution in [0.1, 0.15) is 20.3 Å². The average Bonchev–Trinajstić information content (AvgIpc) is 2.35. The van der Waals surface area contributed by atoms with Crippen molar-refractivity contribution in [2.75, 3.05) is 0 Å². The van der Waals surface area contributed by atoms with Crippen molar-refractivity contribution in [1.82, 2.24) is 0 Å². The first-order chi connectivity index (χ1) is 9.77. The number of aliphatic hydroxyl groups excluding tert-OH is 2. The van der Waals surface area contributed by atoms with E-state index < -0.39 is 54.0 Å². The monoisotopic (exact) mass is 326 g/mol. The second-order valence-corrected chi connectivity index (χ2v) is 4.52. The summed E-state index contributed by atoms with van der Waals surface area (Å²) in [5, 5.41) is 58.7. The largest absolute Gasteiger partial charge is 0.481 e. The Morgan fingerprint density at radius 2 is 1.18 bits per heavy atom. The lowest BCUT2D eigenvalue weighted by atomic mass is 9.87. The standard InChI is InChI=1S/C7H12O5.C4H6O6/c1-4(2)7(12,6(10)11)3-5(8)9;5-1(3(7)8)2(6)4(9)10/h4,12H,3H2,1-2H3,(H,8,9)(H,10,11);1-2,5-6H,(H,7,8)(H,9,10). The maximum atomic E-state index is 10.5. The highest BCUT2D eigenvalue weighted by Gasteiger charge is 2.41. The molecule has 7 N–H and O–H groups in total. The van der Waals surface area contributed by atoms with Gasteiger partial charge in [0.25, 0.3) is 0 Å². The summed E-state index contributed by atoms with van der Waals surface area (Å²) in [5.41, 5.74) is -2.16. The molecule has 11 heteroatoms. The zero-order chi connectivity index (χ0) is 18.2. The van der Waals surface area contributed by atoms with E-state index in [0.29, 0.717) is 0 Å². The molecule has 0 aromatic rings. The molecule has 0 heterocycles. The lowest BCUT2D eigenvalue weighted by molar-refractivity contribution is -0.170. The van der Waals surface area contributed by atoms with Gasteiger partial charge in [0.15, 0.2) is 17.8 Å². The van der Waals surface area contributed by atoms with Crippen LogP contribution in [-0.2, 0) is 19.2 Å². The lowest BCUT2D eigenvalue weighted by Crippen LogP contribution is -2.45. The fraction of sp³-hybridized carbons (Fsp3) is 0.636. The maximum Gasteiger partial charge on any atom is 0.336 e. The van der Waals surface area contributed by atoms with E-state index >= 15 is 0 Å². The molecule has 0 aliphatic carbocycles. The average molecular weight is 326 g/mol. The van der Waals surface area contributed by atoms with Crippen molar-refractivity contribution >= 4 is 23.9 Å². The molecule has 11 nitrogen and oxygen atoms in total. The molecule has 22 heavy (non-hydrogen) atoms. The van der Waals surface area contributed by atoms with E-state index in [0.717, 1.165) is 0 Å². The zero-order valence-corrected chi connectivity index (χ0v) is 11.7. The predicted octanol–water partition coefficient (Wildman–Crippen LogP) is -2.19. The Morgan fingerprint density at radius 3 is 1.27 bits per heavy atom. The quantitative estimate of drug-likeness (QED) is 0.267. The molecule has 3 atom stereocenters. The van der Waals surface area contributed by atoms with E-state index in [1.807, 2.05) is 0 Å². The Balaban J connectivity index is 0. The molecule has 0 fully saturated rings. The first-order valence-electron chi connectivity index (χ1n) is 5.76. The molecular weight excluding hydrogens is 308 g/mol. The number of hydrogen-bond donors (Lipinski definition) is 7. The van der Waals surface area contributed by atoms with Crippen LogP contribution in [0.2, 0.25) is 0 Å². The molecule has 0 aromatic heterocycles. The molecule has 0 rings (SSSR count). The highest BCUT2D eigenvalue weighted by Crippen LogP contribution is 2.21. The normalized spacial score (nSPS) is 15.7. The van der Waals surface area contributed by atoms with Gasteiger partial charge in [-0.3, -0.25) is 4.79 Å². The summed E-state index contributed by atoms with van der Waals surface area (Å²) in [6.07, 6.45) is -5.31. The zero-order valence-electron chi connectivity index (χ0n) is 11.7. The van der Waals surface area contributed by atoms with Gasteiger partial charge in [-0.2, -0.15) is 0 Å². The Kier molecular flexibility index (Phi) is 8.94. The van der Waals surface area contributed by atoms with Crippen molar-refractivity contribution in [2.24, 2.45) is 5.92 Å². The minimum Gasteiger partial charge on any atom is -0.481 e. The van der Waals surface area contributed by atoms with Crippen LogP contribution in [0.4, 0.5) is 0 Å². The molecule has 0 amide bonds. The molecule has 0 saturated heterocycles. The third kappa shape index (κ3) is 6.97. The second kappa shape index (κ2) is 8.92. The van der Waals surface area contributed by atoms with Crippen LogP contribution in [0.3, 0.4) is 0 Å². The van der Waals surface area contributed by atoms with Crippen molar-refractivity contribution in [3.63, 3.8) is 0 Å². The predicted molar refractivity (Wildman–Crippen MR) is 67.0 cm³/mol. The van der Waals surface area contributed by atoms with Crippen LogP contribution >= 0.6 is 0 Å². The molecular formula is C11H18O11. The Labute approximate surface area is 124 Å². The van der Waals surface area contributed by atoms with E-state index in [1.165, 1.54) is 13.8 Å². The molecule has 3 unspecified atom stereocenters. The SMILES string of the molecule is CC(C)C(O)(CC(=O)O)C(=O)O.O=C(O)C(O)C(O)C(=O)O. The number of carboxylic acids is 4. The summed E-state index contributed by atoms with van der Waals surface area (Å²) >= 11 is 0. The van der Waals surface area contributed by atoms with Gasteiger partial charge in [-0.25, -0.2) is 14.4 Å². The van der Waals surface area contributed by atoms with E-state index in [-0.39, 0.29) is 0 Å². The number of aliphatic carboxylic acids is 4. The Hall–Kier alpha value is -2.24. The van der Waals surface area contributed by atoms with Crippen LogP contribution in [-0.4, -0.2) is 77.4 Å². The Morgan fingerprint density at radius 1 is 0.864 bits per heavy atom. The molecule has 0 spiro atoms. The molecule has 128 valence electrons. The van der Waals surface area contributed by atoms with Crippen molar-refractivity contribution in [3.05, 3.63) is 0 Å². The summed E-state index contributed by atoms with van der Waals surface area (Å²) < 4.78 is 0. The third-order valence-electron chi connectivity index (χ3n) is 2.55. The van der Waals surface area contributed by atoms with E-state index in [9.17, 15) is 24.3 Å². The summed E-state index contributed by atoms with van der Waals surface area (Å²) in [6.45, 7) is 2.91. The van der Waals surface area contributed by atoms with Crippen LogP contribution in [0.15, 0.2) is 0 Å². The summed E-state index contributed by atoms with van der Waals surface area (Å²) in [6, 6.07) is 0. The van der Waals surface area contributed by atoms with Gasteiger partial charge < -0.3 is 35.7 Å². The van der Waals surface area contributed by atoms with E-state index in [2.05, 4.69) is 0 Å². The van der Waals surface area contributed by atoms with Crippen molar-refractivity contribution < 1.29 is 54.9 Å². The van der Waals surface area contributed by atoms with Gasteiger partial charge in [0.05, 0.1) is 6.42 Å². The van der Waals surface area contributed by atoms with Gasteiger partial charge in [-0.15, -0.1) is 0 Å². The molecule has 0 aliphatic rings. The topological polar surface area (TPSA) is 210 Å². The van der Waals surface area contributed by atoms with Crippen LogP contribution in [0, 0.1) is 5.92 Å². The summed E-state index contributed by atoms with van der Waals surface area (Å²) in [4.78, 5) is 40.2. The number of aliphatic hydroxyl groups is 3. The van der Waals surface area contributed by atoms with Gasteiger partial charge >= 0.3 is 23.9 Å². The molecule has 0 saturated carbocycles. The third-order valence-corrected chi connectivity index (χ3v) is 2.55. The molecule has 0 aromatic carbocycles. The maximum absolute atomic E-state index is 10.5. The van der Waals surface area contributed by atoms with Gasteiger partial charge in [0.2, 0.25) is 0 Å². The van der Waals surface area contributed by atoms with Crippen LogP contribution < -0.4 is 0 Å². The van der Waals surface area contributed by atoms with Gasteiger partial charge in [-0.05, 0) is 5.92 Å². The smallest absolute Gasteiger partial charge is 0.336 e. The van der Waals surface area contributed by atoms with Gasteiger partial charge in [0, 0.05) is 0 Å². The van der Waals surface area contributed by atoms with Crippen LogP contribution in [0.5, 0.6) is 0 Å². The van der Waals surface area contributed by atoms with E-state index in [1.54, 1.807) is 0 Å². The van der Waals surface area contributed by atoms with Crippen molar-refractivity contribution in [1.29, 1.82) is 0 Å².